The highest BCUT2D eigenvalue weighted by atomic mass is 16.4. The molecule has 0 aliphatic carbocycles. The van der Waals surface area contributed by atoms with Crippen molar-refractivity contribution in [2.24, 2.45) is 0 Å². The van der Waals surface area contributed by atoms with Gasteiger partial charge in [-0.2, -0.15) is 0 Å². The summed E-state index contributed by atoms with van der Waals surface area (Å²) in [6, 6.07) is 6.39. The molecule has 1 aromatic rings. The molecule has 1 atom stereocenters. The van der Waals surface area contributed by atoms with Gasteiger partial charge in [0, 0.05) is 6.42 Å². The Kier molecular flexibility index (Phi) is 3.57. The average Bonchev–Trinajstić information content (AvgIpc) is 2.16. The van der Waals surface area contributed by atoms with Crippen LogP contribution in [0.4, 0.5) is 0 Å². The van der Waals surface area contributed by atoms with Gasteiger partial charge in [0.15, 0.2) is 6.10 Å². The van der Waals surface area contributed by atoms with Crippen LogP contribution < -0.4 is 0 Å². The van der Waals surface area contributed by atoms with E-state index >= 15 is 0 Å². The summed E-state index contributed by atoms with van der Waals surface area (Å²) in [5.74, 6) is -1.30. The van der Waals surface area contributed by atoms with Crippen LogP contribution in [-0.4, -0.2) is 22.0 Å². The second kappa shape index (κ2) is 4.70. The van der Waals surface area contributed by atoms with Gasteiger partial charge in [-0.25, -0.2) is 4.79 Å². The van der Waals surface area contributed by atoms with Crippen LogP contribution in [0.3, 0.4) is 0 Å². The van der Waals surface area contributed by atoms with Crippen molar-refractivity contribution in [3.63, 3.8) is 0 Å². The number of benzene rings is 1. The molecular weight excluding hydrogens is 196 g/mol. The summed E-state index contributed by atoms with van der Waals surface area (Å²) in [6.07, 6.45) is -1.28. The maximum absolute atomic E-state index is 10.8. The molecule has 0 aliphatic heterocycles. The molecule has 15 heavy (non-hydrogen) atoms. The molecule has 4 heteroatoms. The van der Waals surface area contributed by atoms with Crippen LogP contribution >= 0.6 is 0 Å². The first-order valence-electron chi connectivity index (χ1n) is 4.50. The van der Waals surface area contributed by atoms with E-state index in [1.807, 2.05) is 0 Å². The number of hydrogen-bond donors (Lipinski definition) is 2. The number of aliphatic hydroxyl groups excluding tert-OH is 1. The van der Waals surface area contributed by atoms with Crippen molar-refractivity contribution in [1.29, 1.82) is 0 Å². The van der Waals surface area contributed by atoms with Gasteiger partial charge < -0.3 is 10.2 Å². The number of aliphatic hydroxyl groups is 1. The highest BCUT2D eigenvalue weighted by Gasteiger charge is 2.15. The molecular formula is C11H12O4. The van der Waals surface area contributed by atoms with Gasteiger partial charge in [0.25, 0.3) is 0 Å². The standard InChI is InChI=1S/C11H12O4/c1-7(12)5-8-3-2-4-9(6-8)10(13)11(14)15/h2-4,6,10,13H,5H2,1H3,(H,14,15). The molecule has 0 spiro atoms. The average molecular weight is 208 g/mol. The third-order valence-corrected chi connectivity index (χ3v) is 1.95. The van der Waals surface area contributed by atoms with E-state index in [-0.39, 0.29) is 12.2 Å². The van der Waals surface area contributed by atoms with Gasteiger partial charge in [-0.15, -0.1) is 0 Å². The number of carbonyl (C=O) groups excluding carboxylic acids is 1. The van der Waals surface area contributed by atoms with E-state index in [2.05, 4.69) is 0 Å². The first-order chi connectivity index (χ1) is 7.00. The molecule has 1 unspecified atom stereocenters. The van der Waals surface area contributed by atoms with E-state index in [9.17, 15) is 14.7 Å². The van der Waals surface area contributed by atoms with Crippen LogP contribution in [0.2, 0.25) is 0 Å². The van der Waals surface area contributed by atoms with Crippen LogP contribution in [0.15, 0.2) is 24.3 Å². The lowest BCUT2D eigenvalue weighted by Gasteiger charge is -2.07. The number of aliphatic carboxylic acids is 1. The van der Waals surface area contributed by atoms with Crippen LogP contribution in [-0.2, 0) is 16.0 Å². The second-order valence-electron chi connectivity index (χ2n) is 3.36. The van der Waals surface area contributed by atoms with Crippen LogP contribution in [0.5, 0.6) is 0 Å². The minimum Gasteiger partial charge on any atom is -0.479 e. The Morgan fingerprint density at radius 2 is 2.07 bits per heavy atom. The predicted molar refractivity (Wildman–Crippen MR) is 53.4 cm³/mol. The maximum Gasteiger partial charge on any atom is 0.337 e. The Balaban J connectivity index is 2.92. The van der Waals surface area contributed by atoms with Gasteiger partial charge in [-0.1, -0.05) is 24.3 Å². The van der Waals surface area contributed by atoms with Gasteiger partial charge in [0.1, 0.15) is 5.78 Å². The van der Waals surface area contributed by atoms with Crippen molar-refractivity contribution in [3.05, 3.63) is 35.4 Å². The number of rotatable bonds is 4. The molecule has 0 fully saturated rings. The lowest BCUT2D eigenvalue weighted by molar-refractivity contribution is -0.146. The second-order valence-corrected chi connectivity index (χ2v) is 3.36. The van der Waals surface area contributed by atoms with Crippen LogP contribution in [0.1, 0.15) is 24.2 Å². The molecule has 0 saturated carbocycles. The number of carbonyl (C=O) groups is 2. The molecule has 0 bridgehead atoms. The molecule has 0 heterocycles. The lowest BCUT2D eigenvalue weighted by Crippen LogP contribution is -2.10. The molecule has 0 radical (unpaired) electrons. The zero-order valence-electron chi connectivity index (χ0n) is 8.30. The summed E-state index contributed by atoms with van der Waals surface area (Å²) in [7, 11) is 0. The molecule has 4 nitrogen and oxygen atoms in total. The smallest absolute Gasteiger partial charge is 0.337 e. The highest BCUT2D eigenvalue weighted by molar-refractivity contribution is 5.78. The van der Waals surface area contributed by atoms with E-state index in [0.29, 0.717) is 11.1 Å². The molecule has 80 valence electrons. The zero-order chi connectivity index (χ0) is 11.4. The zero-order valence-corrected chi connectivity index (χ0v) is 8.30. The molecule has 1 rings (SSSR count). The highest BCUT2D eigenvalue weighted by Crippen LogP contribution is 2.15. The van der Waals surface area contributed by atoms with Gasteiger partial charge in [0.2, 0.25) is 0 Å². The first kappa shape index (κ1) is 11.4. The van der Waals surface area contributed by atoms with Crippen molar-refractivity contribution >= 4 is 11.8 Å². The number of Topliss-reactive ketones (excluding diaryl/α,β-unsaturated/α-hetero) is 1. The summed E-state index contributed by atoms with van der Waals surface area (Å²) in [5, 5.41) is 17.9. The quantitative estimate of drug-likeness (QED) is 0.772. The molecule has 0 aliphatic rings. The Labute approximate surface area is 87.2 Å². The van der Waals surface area contributed by atoms with Crippen molar-refractivity contribution < 1.29 is 19.8 Å². The maximum atomic E-state index is 10.8. The van der Waals surface area contributed by atoms with Crippen molar-refractivity contribution in [2.75, 3.05) is 0 Å². The number of carboxylic acids is 1. The van der Waals surface area contributed by atoms with Gasteiger partial charge >= 0.3 is 5.97 Å². The SMILES string of the molecule is CC(=O)Cc1cccc(C(O)C(=O)O)c1. The number of carboxylic acid groups (broad SMARTS) is 1. The van der Waals surface area contributed by atoms with Crippen LogP contribution in [0.25, 0.3) is 0 Å². The summed E-state index contributed by atoms with van der Waals surface area (Å²) < 4.78 is 0. The molecule has 0 saturated heterocycles. The fraction of sp³-hybridized carbons (Fsp3) is 0.273. The predicted octanol–water partition coefficient (Wildman–Crippen LogP) is 0.936. The molecule has 1 aromatic carbocycles. The van der Waals surface area contributed by atoms with E-state index in [4.69, 9.17) is 5.11 Å². The summed E-state index contributed by atoms with van der Waals surface area (Å²) >= 11 is 0. The topological polar surface area (TPSA) is 74.6 Å². The first-order valence-corrected chi connectivity index (χ1v) is 4.50. The van der Waals surface area contributed by atoms with Crippen molar-refractivity contribution in [3.8, 4) is 0 Å². The molecule has 0 aromatic heterocycles. The van der Waals surface area contributed by atoms with Crippen molar-refractivity contribution in [2.45, 2.75) is 19.4 Å². The molecule has 2 N–H and O–H groups in total. The van der Waals surface area contributed by atoms with Gasteiger partial charge in [-0.05, 0) is 18.1 Å². The Hall–Kier alpha value is -1.68. The van der Waals surface area contributed by atoms with E-state index in [1.165, 1.54) is 19.1 Å². The van der Waals surface area contributed by atoms with Crippen molar-refractivity contribution in [1.82, 2.24) is 0 Å². The van der Waals surface area contributed by atoms with Gasteiger partial charge in [0.05, 0.1) is 0 Å². The largest absolute Gasteiger partial charge is 0.479 e. The molecule has 0 amide bonds. The minimum absolute atomic E-state index is 0.00281. The third kappa shape index (κ3) is 3.18. The lowest BCUT2D eigenvalue weighted by atomic mass is 10.0. The summed E-state index contributed by atoms with van der Waals surface area (Å²) in [5.41, 5.74) is 1.00. The normalized spacial score (nSPS) is 12.1. The fourth-order valence-electron chi connectivity index (χ4n) is 1.30. The monoisotopic (exact) mass is 208 g/mol. The Morgan fingerprint density at radius 3 is 2.60 bits per heavy atom. The summed E-state index contributed by atoms with van der Waals surface area (Å²) in [4.78, 5) is 21.4. The van der Waals surface area contributed by atoms with Crippen LogP contribution in [0, 0.1) is 0 Å². The summed E-state index contributed by atoms with van der Waals surface area (Å²) in [6.45, 7) is 1.46. The minimum atomic E-state index is -1.53. The third-order valence-electron chi connectivity index (χ3n) is 1.95. The van der Waals surface area contributed by atoms with Gasteiger partial charge in [-0.3, -0.25) is 4.79 Å². The van der Waals surface area contributed by atoms with E-state index in [1.54, 1.807) is 12.1 Å². The Bertz CT molecular complexity index is 384. The Morgan fingerprint density at radius 1 is 1.40 bits per heavy atom. The number of hydrogen-bond acceptors (Lipinski definition) is 3. The van der Waals surface area contributed by atoms with E-state index in [0.717, 1.165) is 0 Å². The van der Waals surface area contributed by atoms with E-state index < -0.39 is 12.1 Å². The fourth-order valence-corrected chi connectivity index (χ4v) is 1.30. The number of ketones is 1.